The molecule has 4 aliphatic rings. The summed E-state index contributed by atoms with van der Waals surface area (Å²) in [6.07, 6.45) is 0.581. The number of carbonyl (C=O) groups excluding carboxylic acids is 1. The van der Waals surface area contributed by atoms with Gasteiger partial charge in [0, 0.05) is 37.2 Å². The van der Waals surface area contributed by atoms with Crippen LogP contribution in [0.4, 0.5) is 17.6 Å². The average molecular weight is 542 g/mol. The predicted octanol–water partition coefficient (Wildman–Crippen LogP) is 4.87. The van der Waals surface area contributed by atoms with Crippen molar-refractivity contribution >= 4 is 11.9 Å². The van der Waals surface area contributed by atoms with Gasteiger partial charge in [-0.15, -0.1) is 0 Å². The Balaban J connectivity index is 1.33. The number of hydrogen-bond donors (Lipinski definition) is 2. The van der Waals surface area contributed by atoms with E-state index in [4.69, 9.17) is 10.1 Å². The molecule has 2 N–H and O–H groups in total. The minimum absolute atomic E-state index is 0.0130. The Hall–Kier alpha value is -2.33. The second kappa shape index (κ2) is 10.7. The molecule has 3 aliphatic carbocycles. The van der Waals surface area contributed by atoms with Gasteiger partial charge >= 0.3 is 6.18 Å². The lowest BCUT2D eigenvalue weighted by atomic mass is 9.72. The molecule has 1 aromatic heterocycles. The van der Waals surface area contributed by atoms with Crippen molar-refractivity contribution in [3.05, 3.63) is 17.5 Å². The van der Waals surface area contributed by atoms with Crippen molar-refractivity contribution in [2.45, 2.75) is 82.6 Å². The van der Waals surface area contributed by atoms with Crippen LogP contribution in [0.25, 0.3) is 0 Å². The van der Waals surface area contributed by atoms with Crippen LogP contribution in [0.15, 0.2) is 6.07 Å². The van der Waals surface area contributed by atoms with E-state index in [0.29, 0.717) is 57.0 Å². The smallest absolute Gasteiger partial charge is 0.435 e. The van der Waals surface area contributed by atoms with E-state index in [1.54, 1.807) is 0 Å². The zero-order valence-electron chi connectivity index (χ0n) is 22.1. The molecule has 6 unspecified atom stereocenters. The van der Waals surface area contributed by atoms with Gasteiger partial charge in [-0.1, -0.05) is 6.92 Å². The summed E-state index contributed by atoms with van der Waals surface area (Å²) in [5.41, 5.74) is -0.430. The van der Waals surface area contributed by atoms with E-state index >= 15 is 0 Å². The topological polar surface area (TPSA) is 83.2 Å². The van der Waals surface area contributed by atoms with Gasteiger partial charge in [0.25, 0.3) is 6.02 Å². The van der Waals surface area contributed by atoms with Gasteiger partial charge in [0.2, 0.25) is 5.91 Å². The summed E-state index contributed by atoms with van der Waals surface area (Å²) in [6.45, 7) is 3.52. The lowest BCUT2D eigenvalue weighted by Crippen LogP contribution is -2.48. The van der Waals surface area contributed by atoms with Crippen molar-refractivity contribution in [3.8, 4) is 0 Å². The molecule has 38 heavy (non-hydrogen) atoms. The molecule has 7 atom stereocenters. The van der Waals surface area contributed by atoms with E-state index in [0.717, 1.165) is 31.7 Å². The maximum absolute atomic E-state index is 14.1. The van der Waals surface area contributed by atoms with E-state index in [1.807, 2.05) is 11.8 Å². The van der Waals surface area contributed by atoms with Gasteiger partial charge in [0.05, 0.1) is 6.54 Å². The fraction of sp³-hybridized carbons (Fsp3) is 0.815. The van der Waals surface area contributed by atoms with Crippen molar-refractivity contribution in [1.82, 2.24) is 20.0 Å². The molecule has 1 saturated heterocycles. The third-order valence-corrected chi connectivity index (χ3v) is 9.22. The van der Waals surface area contributed by atoms with Crippen LogP contribution >= 0.6 is 0 Å². The van der Waals surface area contributed by atoms with Crippen molar-refractivity contribution < 1.29 is 27.1 Å². The van der Waals surface area contributed by atoms with E-state index in [1.165, 1.54) is 11.7 Å². The van der Waals surface area contributed by atoms with Crippen LogP contribution in [0.3, 0.4) is 0 Å². The van der Waals surface area contributed by atoms with Crippen LogP contribution in [0.5, 0.6) is 0 Å². The molecule has 7 nitrogen and oxygen atoms in total. The molecule has 1 aromatic rings. The monoisotopic (exact) mass is 541 g/mol. The van der Waals surface area contributed by atoms with Gasteiger partial charge in [-0.25, -0.2) is 4.39 Å². The first-order valence-electron chi connectivity index (χ1n) is 14.0. The van der Waals surface area contributed by atoms with Gasteiger partial charge in [0.1, 0.15) is 12.8 Å². The fourth-order valence-electron chi connectivity index (χ4n) is 7.06. The minimum Gasteiger partial charge on any atom is -0.463 e. The molecular formula is C27H39F4N5O2. The average Bonchev–Trinajstić information content (AvgIpc) is 3.50. The number of alkyl halides is 4. The summed E-state index contributed by atoms with van der Waals surface area (Å²) in [7, 11) is 1.53. The Morgan fingerprint density at radius 1 is 1.18 bits per heavy atom. The minimum atomic E-state index is -4.53. The summed E-state index contributed by atoms with van der Waals surface area (Å²) in [6, 6.07) is 1.26. The molecule has 2 heterocycles. The summed E-state index contributed by atoms with van der Waals surface area (Å²) >= 11 is 0. The maximum Gasteiger partial charge on any atom is 0.435 e. The molecule has 3 saturated carbocycles. The van der Waals surface area contributed by atoms with Gasteiger partial charge < -0.3 is 15.0 Å². The van der Waals surface area contributed by atoms with E-state index in [2.05, 4.69) is 10.4 Å². The molecule has 11 heteroatoms. The Labute approximate surface area is 221 Å². The van der Waals surface area contributed by atoms with Crippen LogP contribution in [0, 0.1) is 35.0 Å². The molecule has 0 radical (unpaired) electrons. The molecular weight excluding hydrogens is 502 g/mol. The number of amides is 1. The van der Waals surface area contributed by atoms with Crippen molar-refractivity contribution in [3.63, 3.8) is 0 Å². The maximum atomic E-state index is 14.1. The van der Waals surface area contributed by atoms with Crippen molar-refractivity contribution in [2.75, 3.05) is 19.7 Å². The Bertz CT molecular complexity index is 1030. The molecule has 212 valence electrons. The number of aromatic nitrogens is 2. The number of nitrogens with zero attached hydrogens (tertiary/aromatic N) is 3. The van der Waals surface area contributed by atoms with Gasteiger partial charge in [-0.05, 0) is 81.1 Å². The highest BCUT2D eigenvalue weighted by atomic mass is 19.4. The third-order valence-electron chi connectivity index (χ3n) is 9.22. The summed E-state index contributed by atoms with van der Waals surface area (Å²) in [5, 5.41) is 15.1. The Morgan fingerprint density at radius 2 is 1.92 bits per heavy atom. The summed E-state index contributed by atoms with van der Waals surface area (Å²) in [4.78, 5) is 15.6. The molecule has 1 aliphatic heterocycles. The number of ether oxygens (including phenoxy) is 1. The van der Waals surface area contributed by atoms with E-state index in [9.17, 15) is 22.4 Å². The number of amidine groups is 1. The third kappa shape index (κ3) is 5.96. The second-order valence-corrected chi connectivity index (χ2v) is 12.1. The van der Waals surface area contributed by atoms with Crippen molar-refractivity contribution in [2.24, 2.45) is 36.6 Å². The number of hydrogen-bond acceptors (Lipinski definition) is 4. The van der Waals surface area contributed by atoms with Crippen LogP contribution in [0.2, 0.25) is 0 Å². The lowest BCUT2D eigenvalue weighted by molar-refractivity contribution is -0.141. The zero-order valence-corrected chi connectivity index (χ0v) is 22.1. The Morgan fingerprint density at radius 3 is 2.53 bits per heavy atom. The highest BCUT2D eigenvalue weighted by Crippen LogP contribution is 2.44. The van der Waals surface area contributed by atoms with Crippen LogP contribution in [0.1, 0.15) is 75.6 Å². The van der Waals surface area contributed by atoms with E-state index in [-0.39, 0.29) is 47.6 Å². The molecule has 5 rings (SSSR count). The van der Waals surface area contributed by atoms with Gasteiger partial charge in [-0.3, -0.25) is 14.9 Å². The number of nitrogens with one attached hydrogen (secondary N) is 2. The molecule has 4 fully saturated rings. The molecule has 1 amide bonds. The highest BCUT2D eigenvalue weighted by molar-refractivity contribution is 5.79. The molecule has 0 aromatic carbocycles. The second-order valence-electron chi connectivity index (χ2n) is 12.1. The number of aryl methyl sites for hydroxylation is 1. The van der Waals surface area contributed by atoms with Crippen LogP contribution in [-0.2, 0) is 22.8 Å². The first kappa shape index (κ1) is 27.2. The summed E-state index contributed by atoms with van der Waals surface area (Å²) < 4.78 is 60.9. The first-order chi connectivity index (χ1) is 18.0. The van der Waals surface area contributed by atoms with Gasteiger partial charge in [0.15, 0.2) is 5.69 Å². The lowest BCUT2D eigenvalue weighted by Gasteiger charge is -2.39. The first-order valence-corrected chi connectivity index (χ1v) is 14.0. The van der Waals surface area contributed by atoms with Crippen LogP contribution in [-0.4, -0.2) is 58.5 Å². The quantitative estimate of drug-likeness (QED) is 0.483. The largest absolute Gasteiger partial charge is 0.463 e. The van der Waals surface area contributed by atoms with Crippen LogP contribution < -0.4 is 5.32 Å². The fourth-order valence-corrected chi connectivity index (χ4v) is 7.06. The predicted molar refractivity (Wildman–Crippen MR) is 133 cm³/mol. The van der Waals surface area contributed by atoms with E-state index < -0.39 is 18.0 Å². The molecule has 0 spiro atoms. The SMILES string of the molecule is CC1CC([C@@H](NC(=O)C2CC(CN3CCOC3=N)CC(c3cc(C(F)(F)F)nn3C)C2)C2CC2)CCC1F. The van der Waals surface area contributed by atoms with Gasteiger partial charge in [-0.2, -0.15) is 18.3 Å². The Kier molecular flexibility index (Phi) is 7.66. The number of rotatable bonds is 7. The molecule has 0 bridgehead atoms. The summed E-state index contributed by atoms with van der Waals surface area (Å²) in [5.74, 6) is 0.0539. The standard InChI is InChI=1S/C27H39F4N5O2/c1-15-9-18(5-6-21(15)28)24(17-3-4-17)33-25(37)20-11-16(14-36-7-8-38-26(36)32)10-19(12-20)22-13-23(27(29,30)31)34-35(22)2/h13,15-21,24,32H,3-12,14H2,1-2H3,(H,33,37)/t15?,16?,18?,19?,20?,21?,24-/m0/s1. The number of carbonyl (C=O) groups is 1. The zero-order chi connectivity index (χ0) is 27.2. The highest BCUT2D eigenvalue weighted by Gasteiger charge is 2.44. The van der Waals surface area contributed by atoms with Crippen molar-refractivity contribution in [1.29, 1.82) is 5.41 Å². The number of halogens is 4. The normalized spacial score (nSPS) is 33.2.